The van der Waals surface area contributed by atoms with Gasteiger partial charge in [0, 0.05) is 24.7 Å². The molecule has 21 heavy (non-hydrogen) atoms. The molecule has 1 fully saturated rings. The van der Waals surface area contributed by atoms with E-state index in [1.165, 1.54) is 12.8 Å². The minimum Gasteiger partial charge on any atom is -0.493 e. The maximum Gasteiger partial charge on any atom is 0.125 e. The highest BCUT2D eigenvalue weighted by atomic mass is 16.5. The van der Waals surface area contributed by atoms with E-state index in [0.717, 1.165) is 24.4 Å². The van der Waals surface area contributed by atoms with Crippen LogP contribution in [0.2, 0.25) is 0 Å². The van der Waals surface area contributed by atoms with Crippen LogP contribution in [-0.4, -0.2) is 61.3 Å². The molecule has 0 aliphatic carbocycles. The zero-order valence-electron chi connectivity index (χ0n) is 13.5. The molecule has 1 aliphatic rings. The molecular formula is C17H28N2O2. The fourth-order valence-electron chi connectivity index (χ4n) is 3.00. The van der Waals surface area contributed by atoms with E-state index in [-0.39, 0.29) is 0 Å². The third-order valence-corrected chi connectivity index (χ3v) is 4.22. The van der Waals surface area contributed by atoms with Gasteiger partial charge in [-0.2, -0.15) is 0 Å². The summed E-state index contributed by atoms with van der Waals surface area (Å²) in [6, 6.07) is 8.39. The van der Waals surface area contributed by atoms with Crippen molar-refractivity contribution in [2.75, 3.05) is 40.3 Å². The Balaban J connectivity index is 1.99. The van der Waals surface area contributed by atoms with Crippen molar-refractivity contribution in [1.29, 1.82) is 0 Å². The van der Waals surface area contributed by atoms with Gasteiger partial charge in [0.2, 0.25) is 0 Å². The third-order valence-electron chi connectivity index (χ3n) is 4.22. The van der Waals surface area contributed by atoms with Crippen LogP contribution in [0.25, 0.3) is 0 Å². The van der Waals surface area contributed by atoms with Gasteiger partial charge in [-0.1, -0.05) is 18.2 Å². The van der Waals surface area contributed by atoms with Crippen LogP contribution in [0.5, 0.6) is 5.75 Å². The van der Waals surface area contributed by atoms with Gasteiger partial charge in [-0.3, -0.25) is 4.90 Å². The van der Waals surface area contributed by atoms with Crippen molar-refractivity contribution >= 4 is 0 Å². The number of β-amino-alcohol motifs (C(OH)–C–C–N with tert-alkyl or cyclic N) is 1. The van der Waals surface area contributed by atoms with E-state index in [0.29, 0.717) is 19.2 Å². The highest BCUT2D eigenvalue weighted by molar-refractivity contribution is 5.35. The summed E-state index contributed by atoms with van der Waals surface area (Å²) in [5.41, 5.74) is 0.895. The van der Waals surface area contributed by atoms with Crippen molar-refractivity contribution in [3.8, 4) is 5.75 Å². The van der Waals surface area contributed by atoms with Crippen LogP contribution in [0.15, 0.2) is 24.3 Å². The number of likely N-dealkylation sites (tertiary alicyclic amines) is 1. The first-order valence-corrected chi connectivity index (χ1v) is 7.90. The number of para-hydroxylation sites is 1. The number of hydrogen-bond donors (Lipinski definition) is 1. The number of rotatable bonds is 6. The lowest BCUT2D eigenvalue weighted by Crippen LogP contribution is -2.46. The van der Waals surface area contributed by atoms with Gasteiger partial charge in [-0.15, -0.1) is 0 Å². The summed E-state index contributed by atoms with van der Waals surface area (Å²) >= 11 is 0. The Morgan fingerprint density at radius 2 is 2.14 bits per heavy atom. The lowest BCUT2D eigenvalue weighted by atomic mass is 10.0. The maximum absolute atomic E-state index is 10.6. The molecule has 0 bridgehead atoms. The van der Waals surface area contributed by atoms with E-state index < -0.39 is 6.10 Å². The Morgan fingerprint density at radius 3 is 2.86 bits per heavy atom. The number of aliphatic hydroxyl groups is 1. The molecule has 2 rings (SSSR count). The molecule has 4 nitrogen and oxygen atoms in total. The normalized spacial score (nSPS) is 21.5. The Hall–Kier alpha value is -1.10. The van der Waals surface area contributed by atoms with Gasteiger partial charge < -0.3 is 14.7 Å². The first kappa shape index (κ1) is 16.3. The van der Waals surface area contributed by atoms with E-state index in [1.807, 2.05) is 31.2 Å². The lowest BCUT2D eigenvalue weighted by Gasteiger charge is -2.37. The summed E-state index contributed by atoms with van der Waals surface area (Å²) < 4.78 is 5.62. The zero-order chi connectivity index (χ0) is 15.2. The number of hydrogen-bond acceptors (Lipinski definition) is 4. The summed E-state index contributed by atoms with van der Waals surface area (Å²) in [6.45, 7) is 5.36. The first-order chi connectivity index (χ1) is 10.1. The minimum atomic E-state index is -0.492. The van der Waals surface area contributed by atoms with E-state index in [4.69, 9.17) is 4.74 Å². The molecule has 1 heterocycles. The van der Waals surface area contributed by atoms with Crippen molar-refractivity contribution in [2.24, 2.45) is 0 Å². The van der Waals surface area contributed by atoms with Crippen LogP contribution in [0.1, 0.15) is 31.4 Å². The fourth-order valence-corrected chi connectivity index (χ4v) is 3.00. The van der Waals surface area contributed by atoms with Gasteiger partial charge in [0.05, 0.1) is 12.7 Å². The van der Waals surface area contributed by atoms with Gasteiger partial charge in [0.15, 0.2) is 0 Å². The Labute approximate surface area is 128 Å². The molecule has 4 heteroatoms. The van der Waals surface area contributed by atoms with Crippen molar-refractivity contribution in [2.45, 2.75) is 31.9 Å². The van der Waals surface area contributed by atoms with Crippen molar-refractivity contribution in [3.05, 3.63) is 29.8 Å². The summed E-state index contributed by atoms with van der Waals surface area (Å²) in [7, 11) is 4.27. The van der Waals surface area contributed by atoms with Crippen LogP contribution in [0.3, 0.4) is 0 Å². The molecule has 118 valence electrons. The average molecular weight is 292 g/mol. The van der Waals surface area contributed by atoms with E-state index in [9.17, 15) is 5.11 Å². The van der Waals surface area contributed by atoms with Gasteiger partial charge in [-0.05, 0) is 46.5 Å². The minimum absolute atomic E-state index is 0.492. The van der Waals surface area contributed by atoms with Gasteiger partial charge in [-0.25, -0.2) is 0 Å². The largest absolute Gasteiger partial charge is 0.493 e. The molecule has 1 aromatic carbocycles. The molecule has 1 N–H and O–H groups in total. The highest BCUT2D eigenvalue weighted by Gasteiger charge is 2.24. The molecule has 1 aliphatic heterocycles. The second kappa shape index (κ2) is 7.78. The van der Waals surface area contributed by atoms with E-state index in [2.05, 4.69) is 23.9 Å². The molecule has 2 atom stereocenters. The summed E-state index contributed by atoms with van der Waals surface area (Å²) in [5.74, 6) is 0.800. The molecule has 0 radical (unpaired) electrons. The number of piperidine rings is 1. The predicted octanol–water partition coefficient (Wildman–Crippen LogP) is 2.14. The van der Waals surface area contributed by atoms with E-state index >= 15 is 0 Å². The van der Waals surface area contributed by atoms with Crippen LogP contribution in [0, 0.1) is 0 Å². The van der Waals surface area contributed by atoms with Crippen molar-refractivity contribution < 1.29 is 9.84 Å². The average Bonchev–Trinajstić information content (AvgIpc) is 2.48. The molecular weight excluding hydrogens is 264 g/mol. The van der Waals surface area contributed by atoms with Crippen LogP contribution < -0.4 is 4.74 Å². The first-order valence-electron chi connectivity index (χ1n) is 7.90. The molecule has 0 aromatic heterocycles. The number of ether oxygens (including phenoxy) is 1. The predicted molar refractivity (Wildman–Crippen MR) is 85.7 cm³/mol. The number of aliphatic hydroxyl groups excluding tert-OH is 1. The second-order valence-corrected chi connectivity index (χ2v) is 6.01. The topological polar surface area (TPSA) is 35.9 Å². The quantitative estimate of drug-likeness (QED) is 0.871. The zero-order valence-corrected chi connectivity index (χ0v) is 13.5. The Kier molecular flexibility index (Phi) is 6.03. The van der Waals surface area contributed by atoms with Crippen LogP contribution in [0.4, 0.5) is 0 Å². The second-order valence-electron chi connectivity index (χ2n) is 6.01. The van der Waals surface area contributed by atoms with E-state index in [1.54, 1.807) is 0 Å². The standard InChI is InChI=1S/C17H28N2O2/c1-4-21-17-10-6-5-9-15(17)16(20)13-19-11-7-8-14(12-19)18(2)3/h5-6,9-10,14,16,20H,4,7-8,11-13H2,1-3H3. The van der Waals surface area contributed by atoms with Gasteiger partial charge >= 0.3 is 0 Å². The van der Waals surface area contributed by atoms with Crippen molar-refractivity contribution in [3.63, 3.8) is 0 Å². The summed E-state index contributed by atoms with van der Waals surface area (Å²) in [4.78, 5) is 4.65. The number of likely N-dealkylation sites (N-methyl/N-ethyl adjacent to an activating group) is 1. The van der Waals surface area contributed by atoms with Gasteiger partial charge in [0.1, 0.15) is 5.75 Å². The molecule has 0 saturated carbocycles. The molecule has 0 spiro atoms. The smallest absolute Gasteiger partial charge is 0.125 e. The van der Waals surface area contributed by atoms with Crippen LogP contribution in [-0.2, 0) is 0 Å². The Bertz CT molecular complexity index is 437. The monoisotopic (exact) mass is 292 g/mol. The summed E-state index contributed by atoms with van der Waals surface area (Å²) in [5, 5.41) is 10.6. The lowest BCUT2D eigenvalue weighted by molar-refractivity contribution is 0.0707. The maximum atomic E-state index is 10.6. The highest BCUT2D eigenvalue weighted by Crippen LogP contribution is 2.26. The van der Waals surface area contributed by atoms with Crippen molar-refractivity contribution in [1.82, 2.24) is 9.80 Å². The Morgan fingerprint density at radius 1 is 1.38 bits per heavy atom. The molecule has 2 unspecified atom stereocenters. The fraction of sp³-hybridized carbons (Fsp3) is 0.647. The molecule has 0 amide bonds. The molecule has 1 aromatic rings. The number of benzene rings is 1. The van der Waals surface area contributed by atoms with Gasteiger partial charge in [0.25, 0.3) is 0 Å². The summed E-state index contributed by atoms with van der Waals surface area (Å²) in [6.07, 6.45) is 1.95. The van der Waals surface area contributed by atoms with Crippen LogP contribution >= 0.6 is 0 Å². The molecule has 1 saturated heterocycles. The SMILES string of the molecule is CCOc1ccccc1C(O)CN1CCCC(N(C)C)C1. The third kappa shape index (κ3) is 4.43. The number of nitrogens with zero attached hydrogens (tertiary/aromatic N) is 2.